The number of hydrogen-bond donors (Lipinski definition) is 0. The summed E-state index contributed by atoms with van der Waals surface area (Å²) in [6.45, 7) is 3.57. The smallest absolute Gasteiger partial charge is 0.0924 e. The van der Waals surface area contributed by atoms with Gasteiger partial charge in [-0.25, -0.2) is 0 Å². The third kappa shape index (κ3) is 1.87. The van der Waals surface area contributed by atoms with Crippen molar-refractivity contribution in [2.45, 2.75) is 30.8 Å². The molecule has 0 aliphatic carbocycles. The van der Waals surface area contributed by atoms with Crippen molar-refractivity contribution >= 4 is 10.8 Å². The second-order valence-electron chi connectivity index (χ2n) is 3.41. The van der Waals surface area contributed by atoms with Crippen LogP contribution >= 0.6 is 0 Å². The molecular weight excluding hydrogens is 176 g/mol. The van der Waals surface area contributed by atoms with E-state index in [1.54, 1.807) is 0 Å². The average molecular weight is 190 g/mol. The fourth-order valence-electron chi connectivity index (χ4n) is 1.53. The predicted molar refractivity (Wildman–Crippen MR) is 46.6 cm³/mol. The highest BCUT2D eigenvalue weighted by Gasteiger charge is 2.34. The van der Waals surface area contributed by atoms with Crippen LogP contribution in [0.2, 0.25) is 0 Å². The Morgan fingerprint density at radius 2 is 2.25 bits per heavy atom. The van der Waals surface area contributed by atoms with Crippen LogP contribution in [0, 0.1) is 0 Å². The minimum atomic E-state index is -0.743. The quantitative estimate of drug-likeness (QED) is 0.601. The van der Waals surface area contributed by atoms with Crippen molar-refractivity contribution in [2.75, 3.05) is 19.0 Å². The molecule has 0 aromatic rings. The summed E-state index contributed by atoms with van der Waals surface area (Å²) in [5.41, 5.74) is 0. The van der Waals surface area contributed by atoms with Crippen LogP contribution < -0.4 is 0 Å². The molecule has 2 aliphatic rings. The Morgan fingerprint density at radius 3 is 2.75 bits per heavy atom. The fourth-order valence-corrected chi connectivity index (χ4v) is 3.20. The standard InChI is InChI=1S/C8H14O3S/c1-6-8(2-3-10-6)12(9)5-7-4-11-7/h6-8H,2-5H2,1H3/t6?,7-,8?,12?/m1/s1. The molecule has 2 saturated heterocycles. The second kappa shape index (κ2) is 3.44. The molecule has 0 aromatic heterocycles. The average Bonchev–Trinajstić information content (AvgIpc) is 2.72. The first-order valence-corrected chi connectivity index (χ1v) is 5.76. The first-order chi connectivity index (χ1) is 5.77. The van der Waals surface area contributed by atoms with Crippen molar-refractivity contribution in [3.63, 3.8) is 0 Å². The number of rotatable bonds is 3. The van der Waals surface area contributed by atoms with Gasteiger partial charge < -0.3 is 9.47 Å². The molecular formula is C8H14O3S. The van der Waals surface area contributed by atoms with Gasteiger partial charge in [0.15, 0.2) is 0 Å². The zero-order valence-electron chi connectivity index (χ0n) is 7.19. The fraction of sp³-hybridized carbons (Fsp3) is 1.00. The van der Waals surface area contributed by atoms with Gasteiger partial charge in [-0.2, -0.15) is 0 Å². The van der Waals surface area contributed by atoms with E-state index in [2.05, 4.69) is 0 Å². The molecule has 2 aliphatic heterocycles. The van der Waals surface area contributed by atoms with Crippen molar-refractivity contribution in [1.82, 2.24) is 0 Å². The van der Waals surface area contributed by atoms with Crippen LogP contribution in [0.1, 0.15) is 13.3 Å². The Labute approximate surface area is 74.9 Å². The van der Waals surface area contributed by atoms with Gasteiger partial charge in [-0.1, -0.05) is 0 Å². The van der Waals surface area contributed by atoms with E-state index >= 15 is 0 Å². The van der Waals surface area contributed by atoms with Crippen LogP contribution in [0.25, 0.3) is 0 Å². The molecule has 4 atom stereocenters. The van der Waals surface area contributed by atoms with Gasteiger partial charge in [0, 0.05) is 17.4 Å². The highest BCUT2D eigenvalue weighted by Crippen LogP contribution is 2.21. The maximum Gasteiger partial charge on any atom is 0.0924 e. The molecule has 0 saturated carbocycles. The van der Waals surface area contributed by atoms with E-state index in [0.717, 1.165) is 19.6 Å². The molecule has 0 radical (unpaired) electrons. The lowest BCUT2D eigenvalue weighted by molar-refractivity contribution is 0.127. The Balaban J connectivity index is 1.84. The molecule has 2 rings (SSSR count). The monoisotopic (exact) mass is 190 g/mol. The topological polar surface area (TPSA) is 38.8 Å². The Morgan fingerprint density at radius 1 is 1.50 bits per heavy atom. The van der Waals surface area contributed by atoms with E-state index in [0.29, 0.717) is 5.75 Å². The first-order valence-electron chi connectivity index (χ1n) is 4.38. The van der Waals surface area contributed by atoms with Crippen LogP contribution in [0.3, 0.4) is 0 Å². The van der Waals surface area contributed by atoms with Crippen molar-refractivity contribution in [3.8, 4) is 0 Å². The summed E-state index contributed by atoms with van der Waals surface area (Å²) in [6.07, 6.45) is 1.39. The zero-order chi connectivity index (χ0) is 8.55. The molecule has 12 heavy (non-hydrogen) atoms. The summed E-state index contributed by atoms with van der Waals surface area (Å²) >= 11 is 0. The van der Waals surface area contributed by atoms with E-state index in [-0.39, 0.29) is 17.5 Å². The van der Waals surface area contributed by atoms with Crippen LogP contribution in [-0.2, 0) is 20.3 Å². The van der Waals surface area contributed by atoms with Crippen LogP contribution in [0.4, 0.5) is 0 Å². The minimum absolute atomic E-state index is 0.171. The van der Waals surface area contributed by atoms with E-state index in [9.17, 15) is 4.21 Å². The SMILES string of the molecule is CC1OCCC1S(=O)C[C@H]1CO1. The Hall–Kier alpha value is 0.0700. The van der Waals surface area contributed by atoms with Crippen molar-refractivity contribution in [1.29, 1.82) is 0 Å². The number of hydrogen-bond acceptors (Lipinski definition) is 3. The lowest BCUT2D eigenvalue weighted by Crippen LogP contribution is -2.26. The van der Waals surface area contributed by atoms with E-state index in [1.807, 2.05) is 6.92 Å². The van der Waals surface area contributed by atoms with Gasteiger partial charge in [0.25, 0.3) is 0 Å². The number of ether oxygens (including phenoxy) is 2. The molecule has 0 bridgehead atoms. The van der Waals surface area contributed by atoms with Crippen LogP contribution in [0.5, 0.6) is 0 Å². The Kier molecular flexibility index (Phi) is 2.48. The molecule has 0 aromatic carbocycles. The van der Waals surface area contributed by atoms with Gasteiger partial charge >= 0.3 is 0 Å². The molecule has 70 valence electrons. The van der Waals surface area contributed by atoms with Crippen molar-refractivity contribution < 1.29 is 13.7 Å². The molecule has 0 spiro atoms. The van der Waals surface area contributed by atoms with Gasteiger partial charge in [-0.15, -0.1) is 0 Å². The molecule has 3 unspecified atom stereocenters. The van der Waals surface area contributed by atoms with Gasteiger partial charge in [-0.05, 0) is 13.3 Å². The van der Waals surface area contributed by atoms with Crippen LogP contribution in [-0.4, -0.2) is 40.6 Å². The third-order valence-electron chi connectivity index (χ3n) is 2.40. The lowest BCUT2D eigenvalue weighted by Gasteiger charge is -2.12. The summed E-state index contributed by atoms with van der Waals surface area (Å²) in [4.78, 5) is 0. The normalized spacial score (nSPS) is 42.9. The van der Waals surface area contributed by atoms with Gasteiger partial charge in [0.2, 0.25) is 0 Å². The van der Waals surface area contributed by atoms with E-state index in [4.69, 9.17) is 9.47 Å². The summed E-state index contributed by atoms with van der Waals surface area (Å²) in [5.74, 6) is 0.707. The maximum absolute atomic E-state index is 11.7. The van der Waals surface area contributed by atoms with Crippen molar-refractivity contribution in [3.05, 3.63) is 0 Å². The molecule has 4 heteroatoms. The highest BCUT2D eigenvalue weighted by atomic mass is 32.2. The van der Waals surface area contributed by atoms with E-state index in [1.165, 1.54) is 0 Å². The minimum Gasteiger partial charge on any atom is -0.377 e. The summed E-state index contributed by atoms with van der Waals surface area (Å²) in [6, 6.07) is 0. The zero-order valence-corrected chi connectivity index (χ0v) is 8.01. The highest BCUT2D eigenvalue weighted by molar-refractivity contribution is 7.85. The van der Waals surface area contributed by atoms with Crippen LogP contribution in [0.15, 0.2) is 0 Å². The molecule has 2 heterocycles. The van der Waals surface area contributed by atoms with Gasteiger partial charge in [-0.3, -0.25) is 4.21 Å². The Bertz CT molecular complexity index is 191. The molecule has 2 fully saturated rings. The molecule has 0 amide bonds. The lowest BCUT2D eigenvalue weighted by atomic mass is 10.3. The molecule has 3 nitrogen and oxygen atoms in total. The maximum atomic E-state index is 11.7. The summed E-state index contributed by atoms with van der Waals surface area (Å²) < 4.78 is 22.1. The third-order valence-corrected chi connectivity index (χ3v) is 4.39. The first kappa shape index (κ1) is 8.66. The summed E-state index contributed by atoms with van der Waals surface area (Å²) in [7, 11) is -0.743. The number of epoxide rings is 1. The van der Waals surface area contributed by atoms with Crippen molar-refractivity contribution in [2.24, 2.45) is 0 Å². The molecule has 0 N–H and O–H groups in total. The predicted octanol–water partition coefficient (Wildman–Crippen LogP) is 0.311. The van der Waals surface area contributed by atoms with Gasteiger partial charge in [0.05, 0.1) is 29.8 Å². The van der Waals surface area contributed by atoms with Gasteiger partial charge in [0.1, 0.15) is 0 Å². The largest absolute Gasteiger partial charge is 0.377 e. The summed E-state index contributed by atoms with van der Waals surface area (Å²) in [5, 5.41) is 0.245. The van der Waals surface area contributed by atoms with E-state index < -0.39 is 10.8 Å². The second-order valence-corrected chi connectivity index (χ2v) is 5.11.